The van der Waals surface area contributed by atoms with Crippen molar-refractivity contribution in [3.8, 4) is 0 Å². The zero-order valence-electron chi connectivity index (χ0n) is 16.1. The van der Waals surface area contributed by atoms with E-state index in [1.807, 2.05) is 9.47 Å². The molecule has 148 valence electrons. The second-order valence-corrected chi connectivity index (χ2v) is 7.75. The van der Waals surface area contributed by atoms with Crippen LogP contribution in [-0.2, 0) is 13.0 Å². The van der Waals surface area contributed by atoms with Crippen molar-refractivity contribution in [2.24, 2.45) is 5.92 Å². The molecule has 0 saturated carbocycles. The molecule has 1 aromatic heterocycles. The maximum Gasteiger partial charge on any atom is 0.291 e. The molecule has 0 bridgehead atoms. The van der Waals surface area contributed by atoms with Gasteiger partial charge >= 0.3 is 0 Å². The summed E-state index contributed by atoms with van der Waals surface area (Å²) in [7, 11) is 0. The summed E-state index contributed by atoms with van der Waals surface area (Å²) in [6.07, 6.45) is 4.60. The Kier molecular flexibility index (Phi) is 5.15. The summed E-state index contributed by atoms with van der Waals surface area (Å²) in [5.41, 5.74) is 1.32. The number of hydrogen-bond donors (Lipinski definition) is 1. The van der Waals surface area contributed by atoms with Gasteiger partial charge in [-0.2, -0.15) is 0 Å². The van der Waals surface area contributed by atoms with Gasteiger partial charge in [0.2, 0.25) is 0 Å². The summed E-state index contributed by atoms with van der Waals surface area (Å²) in [5.74, 6) is -0.268. The molecule has 6 nitrogen and oxygen atoms in total. The molecule has 0 spiro atoms. The van der Waals surface area contributed by atoms with Crippen molar-refractivity contribution in [1.29, 1.82) is 0 Å². The molecule has 1 aromatic carbocycles. The molecule has 2 aliphatic heterocycles. The summed E-state index contributed by atoms with van der Waals surface area (Å²) in [6, 6.07) is 6.03. The number of nitrogens with zero attached hydrogens (tertiary/aromatic N) is 3. The van der Waals surface area contributed by atoms with Gasteiger partial charge in [-0.25, -0.2) is 9.37 Å². The summed E-state index contributed by atoms with van der Waals surface area (Å²) >= 11 is 0. The van der Waals surface area contributed by atoms with Gasteiger partial charge in [0.1, 0.15) is 11.5 Å². The van der Waals surface area contributed by atoms with Crippen LogP contribution in [0.1, 0.15) is 59.4 Å². The number of hydrogen-bond acceptors (Lipinski definition) is 3. The lowest BCUT2D eigenvalue weighted by molar-refractivity contribution is 0.0690. The van der Waals surface area contributed by atoms with Gasteiger partial charge in [-0.05, 0) is 50.2 Å². The molecule has 2 amide bonds. The first-order valence-electron chi connectivity index (χ1n) is 9.99. The molecular formula is C21H25FN4O2. The van der Waals surface area contributed by atoms with Crippen LogP contribution in [-0.4, -0.2) is 39.4 Å². The van der Waals surface area contributed by atoms with E-state index in [-0.39, 0.29) is 17.4 Å². The van der Waals surface area contributed by atoms with Crippen molar-refractivity contribution in [1.82, 2.24) is 14.5 Å². The van der Waals surface area contributed by atoms with Crippen LogP contribution in [0.15, 0.2) is 24.3 Å². The van der Waals surface area contributed by atoms with Crippen LogP contribution in [0.4, 0.5) is 10.1 Å². The average molecular weight is 384 g/mol. The fourth-order valence-corrected chi connectivity index (χ4v) is 3.99. The first kappa shape index (κ1) is 18.7. The summed E-state index contributed by atoms with van der Waals surface area (Å²) in [4.78, 5) is 32.2. The van der Waals surface area contributed by atoms with Crippen molar-refractivity contribution in [3.63, 3.8) is 0 Å². The number of amides is 2. The minimum Gasteiger partial charge on any atom is -0.337 e. The highest BCUT2D eigenvalue weighted by Crippen LogP contribution is 2.25. The fraction of sp³-hybridized carbons (Fsp3) is 0.476. The topological polar surface area (TPSA) is 67.2 Å². The van der Waals surface area contributed by atoms with E-state index in [0.717, 1.165) is 50.9 Å². The standard InChI is InChI=1S/C21H25FN4O2/c1-14-9-12-25(13-10-14)21(28)18-17-8-4-5-11-26(17)19(24-18)20(27)23-16-7-3-2-6-15(16)22/h2-3,6-7,14H,4-5,8-13H2,1H3,(H,23,27). The molecular weight excluding hydrogens is 359 g/mol. The highest BCUT2D eigenvalue weighted by atomic mass is 19.1. The zero-order chi connectivity index (χ0) is 19.7. The number of likely N-dealkylation sites (tertiary alicyclic amines) is 1. The van der Waals surface area contributed by atoms with Crippen LogP contribution >= 0.6 is 0 Å². The maximum atomic E-state index is 13.9. The van der Waals surface area contributed by atoms with Gasteiger partial charge in [-0.3, -0.25) is 9.59 Å². The Bertz CT molecular complexity index is 900. The number of anilines is 1. The van der Waals surface area contributed by atoms with Gasteiger partial charge in [0, 0.05) is 19.6 Å². The number of imidazole rings is 1. The Balaban J connectivity index is 1.62. The van der Waals surface area contributed by atoms with Gasteiger partial charge in [0.25, 0.3) is 11.8 Å². The van der Waals surface area contributed by atoms with E-state index < -0.39 is 11.7 Å². The number of aromatic nitrogens is 2. The molecule has 0 radical (unpaired) electrons. The summed E-state index contributed by atoms with van der Waals surface area (Å²) in [5, 5.41) is 2.59. The molecule has 0 unspecified atom stereocenters. The number of halogens is 1. The van der Waals surface area contributed by atoms with Gasteiger partial charge in [-0.1, -0.05) is 19.1 Å². The van der Waals surface area contributed by atoms with Gasteiger partial charge in [-0.15, -0.1) is 0 Å². The van der Waals surface area contributed by atoms with Crippen molar-refractivity contribution < 1.29 is 14.0 Å². The lowest BCUT2D eigenvalue weighted by atomic mass is 9.98. The Labute approximate surface area is 163 Å². The van der Waals surface area contributed by atoms with Crippen molar-refractivity contribution in [2.75, 3.05) is 18.4 Å². The van der Waals surface area contributed by atoms with E-state index in [9.17, 15) is 14.0 Å². The van der Waals surface area contributed by atoms with Crippen LogP contribution < -0.4 is 5.32 Å². The van der Waals surface area contributed by atoms with Crippen molar-refractivity contribution >= 4 is 17.5 Å². The largest absolute Gasteiger partial charge is 0.337 e. The number of rotatable bonds is 3. The Morgan fingerprint density at radius 3 is 2.64 bits per heavy atom. The maximum absolute atomic E-state index is 13.9. The molecule has 28 heavy (non-hydrogen) atoms. The molecule has 3 heterocycles. The summed E-state index contributed by atoms with van der Waals surface area (Å²) in [6.45, 7) is 4.30. The first-order chi connectivity index (χ1) is 13.5. The minimum atomic E-state index is -0.500. The van der Waals surface area contributed by atoms with E-state index in [2.05, 4.69) is 17.2 Å². The van der Waals surface area contributed by atoms with Gasteiger partial charge < -0.3 is 14.8 Å². The molecule has 0 atom stereocenters. The third-order valence-corrected chi connectivity index (χ3v) is 5.72. The van der Waals surface area contributed by atoms with Gasteiger partial charge in [0.15, 0.2) is 5.82 Å². The van der Waals surface area contributed by atoms with Crippen molar-refractivity contribution in [3.05, 3.63) is 47.3 Å². The Hall–Kier alpha value is -2.70. The fourth-order valence-electron chi connectivity index (χ4n) is 3.99. The van der Waals surface area contributed by atoms with Crippen LogP contribution in [0.2, 0.25) is 0 Å². The quantitative estimate of drug-likeness (QED) is 0.881. The smallest absolute Gasteiger partial charge is 0.291 e. The van der Waals surface area contributed by atoms with Gasteiger partial charge in [0.05, 0.1) is 11.4 Å². The number of carbonyl (C=O) groups excluding carboxylic acids is 2. The lowest BCUT2D eigenvalue weighted by Gasteiger charge is -2.30. The highest BCUT2D eigenvalue weighted by molar-refractivity contribution is 6.03. The zero-order valence-corrected chi connectivity index (χ0v) is 16.1. The number of fused-ring (bicyclic) bond motifs is 1. The molecule has 2 aliphatic rings. The van der Waals surface area contributed by atoms with Crippen LogP contribution in [0.25, 0.3) is 0 Å². The number of para-hydroxylation sites is 1. The molecule has 2 aromatic rings. The third-order valence-electron chi connectivity index (χ3n) is 5.72. The third kappa shape index (κ3) is 3.53. The Morgan fingerprint density at radius 1 is 1.14 bits per heavy atom. The molecule has 1 saturated heterocycles. The second kappa shape index (κ2) is 7.73. The number of piperidine rings is 1. The van der Waals surface area contributed by atoms with E-state index in [0.29, 0.717) is 18.2 Å². The predicted molar refractivity (Wildman–Crippen MR) is 104 cm³/mol. The lowest BCUT2D eigenvalue weighted by Crippen LogP contribution is -2.38. The van der Waals surface area contributed by atoms with Crippen LogP contribution in [0.5, 0.6) is 0 Å². The van der Waals surface area contributed by atoms with E-state index in [4.69, 9.17) is 0 Å². The SMILES string of the molecule is CC1CCN(C(=O)c2nc(C(=O)Nc3ccccc3F)n3c2CCCC3)CC1. The molecule has 0 aliphatic carbocycles. The van der Waals surface area contributed by atoms with E-state index in [1.165, 1.54) is 12.1 Å². The van der Waals surface area contributed by atoms with Crippen molar-refractivity contribution in [2.45, 2.75) is 45.6 Å². The van der Waals surface area contributed by atoms with Crippen LogP contribution in [0, 0.1) is 11.7 Å². The highest BCUT2D eigenvalue weighted by Gasteiger charge is 2.31. The van der Waals surface area contributed by atoms with E-state index in [1.54, 1.807) is 12.1 Å². The normalized spacial score (nSPS) is 17.3. The van der Waals surface area contributed by atoms with E-state index >= 15 is 0 Å². The molecule has 4 rings (SSSR count). The Morgan fingerprint density at radius 2 is 1.89 bits per heavy atom. The number of carbonyl (C=O) groups is 2. The second-order valence-electron chi connectivity index (χ2n) is 7.75. The summed E-state index contributed by atoms with van der Waals surface area (Å²) < 4.78 is 15.7. The monoisotopic (exact) mass is 384 g/mol. The average Bonchev–Trinajstić information content (AvgIpc) is 3.10. The number of benzene rings is 1. The molecule has 7 heteroatoms. The molecule has 1 N–H and O–H groups in total. The predicted octanol–water partition coefficient (Wildman–Crippen LogP) is 3.48. The molecule has 1 fully saturated rings. The first-order valence-corrected chi connectivity index (χ1v) is 9.99. The number of nitrogens with one attached hydrogen (secondary N) is 1. The minimum absolute atomic E-state index is 0.0949. The van der Waals surface area contributed by atoms with Crippen LogP contribution in [0.3, 0.4) is 0 Å².